The van der Waals surface area contributed by atoms with E-state index in [9.17, 15) is 14.4 Å². The van der Waals surface area contributed by atoms with Crippen molar-refractivity contribution in [3.8, 4) is 5.69 Å². The highest BCUT2D eigenvalue weighted by molar-refractivity contribution is 5.90. The molecule has 4 rings (SSSR count). The molecular formula is C28H27N3O7. The smallest absolute Gasteiger partial charge is 0.303 e. The van der Waals surface area contributed by atoms with Crippen LogP contribution in [0, 0.1) is 0 Å². The molecular weight excluding hydrogens is 490 g/mol. The van der Waals surface area contributed by atoms with Crippen molar-refractivity contribution in [1.29, 1.82) is 0 Å². The minimum absolute atomic E-state index is 0.212. The molecule has 0 aliphatic carbocycles. The summed E-state index contributed by atoms with van der Waals surface area (Å²) in [5.74, 6) is -1.75. The zero-order valence-corrected chi connectivity index (χ0v) is 21.1. The highest BCUT2D eigenvalue weighted by Crippen LogP contribution is 2.35. The van der Waals surface area contributed by atoms with Crippen molar-refractivity contribution in [1.82, 2.24) is 15.0 Å². The first-order valence-corrected chi connectivity index (χ1v) is 11.9. The van der Waals surface area contributed by atoms with Crippen LogP contribution in [0.3, 0.4) is 0 Å². The summed E-state index contributed by atoms with van der Waals surface area (Å²) in [6, 6.07) is 18.9. The summed E-state index contributed by atoms with van der Waals surface area (Å²) >= 11 is 0. The number of hydrogen-bond acceptors (Lipinski definition) is 9. The largest absolute Gasteiger partial charge is 0.490 e. The number of aromatic nitrogens is 3. The van der Waals surface area contributed by atoms with E-state index in [1.165, 1.54) is 27.0 Å². The molecule has 38 heavy (non-hydrogen) atoms. The third-order valence-corrected chi connectivity index (χ3v) is 5.60. The maximum absolute atomic E-state index is 12.2. The minimum Gasteiger partial charge on any atom is -0.490 e. The molecule has 2 aromatic carbocycles. The van der Waals surface area contributed by atoms with Gasteiger partial charge >= 0.3 is 17.9 Å². The lowest BCUT2D eigenvalue weighted by atomic mass is 9.90. The Bertz CT molecular complexity index is 1350. The molecule has 0 amide bonds. The van der Waals surface area contributed by atoms with Crippen molar-refractivity contribution in [2.24, 2.45) is 0 Å². The van der Waals surface area contributed by atoms with Crippen LogP contribution in [0.5, 0.6) is 0 Å². The van der Waals surface area contributed by atoms with Crippen molar-refractivity contribution < 1.29 is 33.3 Å². The second-order valence-electron chi connectivity index (χ2n) is 8.51. The van der Waals surface area contributed by atoms with Crippen LogP contribution in [0.4, 0.5) is 0 Å². The standard InChI is InChI=1S/C28H27N3O7/c1-18(32)35-17-26-28(38-20(3)34)27(37-19(2)33)24(16-36-26)23(14-21-10-6-4-7-11-21)25-15-31(30-29-25)22-12-8-5-9-13-22/h4-16,26-28H,17H2,1-3H3/b23-14-/t26-,27-,28-/m1/s1. The number of rotatable bonds is 8. The van der Waals surface area contributed by atoms with Crippen LogP contribution in [-0.2, 0) is 33.3 Å². The Kier molecular flexibility index (Phi) is 8.32. The average molecular weight is 518 g/mol. The first-order chi connectivity index (χ1) is 18.3. The molecule has 1 aliphatic rings. The normalized spacial score (nSPS) is 19.1. The molecule has 0 radical (unpaired) electrons. The van der Waals surface area contributed by atoms with E-state index in [2.05, 4.69) is 10.3 Å². The van der Waals surface area contributed by atoms with Crippen LogP contribution in [0.15, 0.2) is 78.7 Å². The first-order valence-electron chi connectivity index (χ1n) is 11.9. The van der Waals surface area contributed by atoms with Gasteiger partial charge in [0.15, 0.2) is 18.3 Å². The molecule has 0 fully saturated rings. The summed E-state index contributed by atoms with van der Waals surface area (Å²) < 4.78 is 23.9. The van der Waals surface area contributed by atoms with Gasteiger partial charge in [-0.15, -0.1) is 5.10 Å². The SMILES string of the molecule is CC(=O)OC[C@H]1OC=C(/C(=C/c2ccccc2)c2cn(-c3ccccc3)nn2)[C@@H](OC(C)=O)[C@@H]1OC(C)=O. The van der Waals surface area contributed by atoms with Crippen molar-refractivity contribution in [3.63, 3.8) is 0 Å². The topological polar surface area (TPSA) is 119 Å². The predicted octanol–water partition coefficient (Wildman–Crippen LogP) is 3.52. The molecule has 0 saturated heterocycles. The van der Waals surface area contributed by atoms with Gasteiger partial charge in [-0.25, -0.2) is 4.68 Å². The van der Waals surface area contributed by atoms with Gasteiger partial charge in [0.2, 0.25) is 0 Å². The summed E-state index contributed by atoms with van der Waals surface area (Å²) in [5, 5.41) is 8.64. The zero-order valence-electron chi connectivity index (χ0n) is 21.1. The molecule has 3 atom stereocenters. The molecule has 0 bridgehead atoms. The molecule has 10 heteroatoms. The van der Waals surface area contributed by atoms with Gasteiger partial charge < -0.3 is 18.9 Å². The van der Waals surface area contributed by atoms with E-state index in [0.29, 0.717) is 16.8 Å². The monoisotopic (exact) mass is 517 g/mol. The molecule has 196 valence electrons. The average Bonchev–Trinajstić information content (AvgIpc) is 3.38. The number of carbonyl (C=O) groups excluding carboxylic acids is 3. The highest BCUT2D eigenvalue weighted by atomic mass is 16.6. The molecule has 10 nitrogen and oxygen atoms in total. The predicted molar refractivity (Wildman–Crippen MR) is 136 cm³/mol. The van der Waals surface area contributed by atoms with Gasteiger partial charge in [-0.3, -0.25) is 14.4 Å². The van der Waals surface area contributed by atoms with E-state index in [4.69, 9.17) is 18.9 Å². The van der Waals surface area contributed by atoms with Crippen molar-refractivity contribution in [2.75, 3.05) is 6.61 Å². The molecule has 0 N–H and O–H groups in total. The van der Waals surface area contributed by atoms with Crippen LogP contribution in [0.25, 0.3) is 17.3 Å². The van der Waals surface area contributed by atoms with E-state index in [-0.39, 0.29) is 6.61 Å². The molecule has 1 aromatic heterocycles. The molecule has 2 heterocycles. The van der Waals surface area contributed by atoms with E-state index in [1.54, 1.807) is 10.9 Å². The number of para-hydroxylation sites is 1. The Balaban J connectivity index is 1.82. The number of nitrogens with zero attached hydrogens (tertiary/aromatic N) is 3. The molecule has 0 spiro atoms. The fourth-order valence-corrected chi connectivity index (χ4v) is 3.98. The summed E-state index contributed by atoms with van der Waals surface area (Å²) in [6.45, 7) is 3.53. The van der Waals surface area contributed by atoms with Crippen molar-refractivity contribution >= 4 is 29.6 Å². The quantitative estimate of drug-likeness (QED) is 0.327. The maximum atomic E-state index is 12.2. The summed E-state index contributed by atoms with van der Waals surface area (Å²) in [4.78, 5) is 35.7. The van der Waals surface area contributed by atoms with Gasteiger partial charge in [0.25, 0.3) is 0 Å². The van der Waals surface area contributed by atoms with E-state index >= 15 is 0 Å². The number of esters is 3. The third kappa shape index (κ3) is 6.52. The molecule has 3 aromatic rings. The summed E-state index contributed by atoms with van der Waals surface area (Å²) in [6.07, 6.45) is 1.91. The molecule has 0 saturated carbocycles. The van der Waals surface area contributed by atoms with E-state index in [1.807, 2.05) is 66.7 Å². The van der Waals surface area contributed by atoms with E-state index < -0.39 is 36.2 Å². The van der Waals surface area contributed by atoms with Crippen LogP contribution in [-0.4, -0.2) is 57.8 Å². The Labute approximate surface area is 219 Å². The second kappa shape index (κ2) is 12.0. The Hall–Kier alpha value is -4.73. The van der Waals surface area contributed by atoms with Crippen LogP contribution in [0.2, 0.25) is 0 Å². The number of hydrogen-bond donors (Lipinski definition) is 0. The van der Waals surface area contributed by atoms with E-state index in [0.717, 1.165) is 11.3 Å². The number of carbonyl (C=O) groups is 3. The van der Waals surface area contributed by atoms with Gasteiger partial charge in [-0.1, -0.05) is 53.7 Å². The lowest BCUT2D eigenvalue weighted by Gasteiger charge is -2.36. The number of benzene rings is 2. The second-order valence-corrected chi connectivity index (χ2v) is 8.51. The Morgan fingerprint density at radius 1 is 0.921 bits per heavy atom. The highest BCUT2D eigenvalue weighted by Gasteiger charge is 2.43. The maximum Gasteiger partial charge on any atom is 0.303 e. The van der Waals surface area contributed by atoms with Crippen LogP contribution in [0.1, 0.15) is 32.0 Å². The Morgan fingerprint density at radius 2 is 1.58 bits per heavy atom. The van der Waals surface area contributed by atoms with Crippen molar-refractivity contribution in [2.45, 2.75) is 39.1 Å². The molecule has 1 aliphatic heterocycles. The lowest BCUT2D eigenvalue weighted by molar-refractivity contribution is -0.179. The first kappa shape index (κ1) is 26.3. The minimum atomic E-state index is -1.10. The van der Waals surface area contributed by atoms with Crippen LogP contribution >= 0.6 is 0 Å². The van der Waals surface area contributed by atoms with Gasteiger partial charge in [-0.2, -0.15) is 0 Å². The summed E-state index contributed by atoms with van der Waals surface area (Å²) in [5.41, 5.74) is 3.03. The lowest BCUT2D eigenvalue weighted by Crippen LogP contribution is -2.49. The summed E-state index contributed by atoms with van der Waals surface area (Å²) in [7, 11) is 0. The zero-order chi connectivity index (χ0) is 27.1. The van der Waals surface area contributed by atoms with Crippen molar-refractivity contribution in [3.05, 3.63) is 90.0 Å². The van der Waals surface area contributed by atoms with Crippen LogP contribution < -0.4 is 0 Å². The number of ether oxygens (including phenoxy) is 4. The third-order valence-electron chi connectivity index (χ3n) is 5.60. The van der Waals surface area contributed by atoms with Gasteiger partial charge in [0.05, 0.1) is 18.1 Å². The Morgan fingerprint density at radius 3 is 2.21 bits per heavy atom. The van der Waals surface area contributed by atoms with Gasteiger partial charge in [-0.05, 0) is 23.8 Å². The fourth-order valence-electron chi connectivity index (χ4n) is 3.98. The fraction of sp³-hybridized carbons (Fsp3) is 0.250. The van der Waals surface area contributed by atoms with Gasteiger partial charge in [0.1, 0.15) is 12.3 Å². The van der Waals surface area contributed by atoms with Gasteiger partial charge in [0, 0.05) is 31.9 Å². The molecule has 0 unspecified atom stereocenters.